The van der Waals surface area contributed by atoms with Gasteiger partial charge in [-0.1, -0.05) is 50.2 Å². The standard InChI is InChI=1S/C29H39N3O5S/c1-18(2)14-15-30-27(36)25-29(4,5)38-17-32(25)28(37)24(34)22(16-20-10-7-6-8-11-20)31-26(35)21-12-9-13-23(33)19(21)3/h6-13,18,22,24-25,33-34H,14-17H2,1-5H3,(H,30,36)(H,31,35)/t22-,24-,25?/m0/s1. The van der Waals surface area contributed by atoms with Crippen LogP contribution in [-0.2, 0) is 16.0 Å². The highest BCUT2D eigenvalue weighted by molar-refractivity contribution is 8.00. The van der Waals surface area contributed by atoms with Gasteiger partial charge in [0.05, 0.1) is 11.9 Å². The Morgan fingerprint density at radius 3 is 2.45 bits per heavy atom. The van der Waals surface area contributed by atoms with Crippen LogP contribution < -0.4 is 10.6 Å². The van der Waals surface area contributed by atoms with Gasteiger partial charge in [-0.2, -0.15) is 0 Å². The lowest BCUT2D eigenvalue weighted by Crippen LogP contribution is -2.58. The zero-order valence-corrected chi connectivity index (χ0v) is 23.5. The van der Waals surface area contributed by atoms with E-state index in [1.165, 1.54) is 22.7 Å². The number of aliphatic hydroxyl groups excluding tert-OH is 1. The summed E-state index contributed by atoms with van der Waals surface area (Å²) < 4.78 is -0.547. The number of hydrogen-bond acceptors (Lipinski definition) is 6. The Bertz CT molecular complexity index is 1140. The van der Waals surface area contributed by atoms with Crippen LogP contribution in [0.15, 0.2) is 48.5 Å². The number of rotatable bonds is 10. The molecule has 1 saturated heterocycles. The number of phenolic OH excluding ortho intramolecular Hbond substituents is 1. The average molecular weight is 542 g/mol. The van der Waals surface area contributed by atoms with E-state index < -0.39 is 34.7 Å². The van der Waals surface area contributed by atoms with E-state index in [2.05, 4.69) is 24.5 Å². The molecule has 1 heterocycles. The van der Waals surface area contributed by atoms with Crippen LogP contribution in [-0.4, -0.2) is 68.2 Å². The highest BCUT2D eigenvalue weighted by Crippen LogP contribution is 2.40. The summed E-state index contributed by atoms with van der Waals surface area (Å²) in [5.41, 5.74) is 1.49. The number of hydrogen-bond donors (Lipinski definition) is 4. The summed E-state index contributed by atoms with van der Waals surface area (Å²) in [6.07, 6.45) is -0.563. The molecule has 4 N–H and O–H groups in total. The fourth-order valence-electron chi connectivity index (χ4n) is 4.56. The maximum absolute atomic E-state index is 13.7. The largest absolute Gasteiger partial charge is 0.508 e. The second kappa shape index (κ2) is 12.7. The van der Waals surface area contributed by atoms with Crippen molar-refractivity contribution < 1.29 is 24.6 Å². The van der Waals surface area contributed by atoms with Crippen molar-refractivity contribution in [1.29, 1.82) is 0 Å². The number of nitrogens with zero attached hydrogens (tertiary/aromatic N) is 1. The van der Waals surface area contributed by atoms with Crippen LogP contribution in [0.3, 0.4) is 0 Å². The molecule has 8 nitrogen and oxygen atoms in total. The molecule has 0 aromatic heterocycles. The molecule has 1 aliphatic heterocycles. The first-order valence-corrected chi connectivity index (χ1v) is 13.9. The first kappa shape index (κ1) is 29.5. The van der Waals surface area contributed by atoms with E-state index in [-0.39, 0.29) is 29.5 Å². The van der Waals surface area contributed by atoms with Gasteiger partial charge in [0.2, 0.25) is 5.91 Å². The number of benzene rings is 2. The molecule has 38 heavy (non-hydrogen) atoms. The number of carbonyl (C=O) groups excluding carboxylic acids is 3. The predicted molar refractivity (Wildman–Crippen MR) is 150 cm³/mol. The van der Waals surface area contributed by atoms with Gasteiger partial charge < -0.3 is 25.7 Å². The van der Waals surface area contributed by atoms with Crippen LogP contribution in [0.25, 0.3) is 0 Å². The number of aliphatic hydroxyl groups is 1. The monoisotopic (exact) mass is 541 g/mol. The fourth-order valence-corrected chi connectivity index (χ4v) is 5.70. The van der Waals surface area contributed by atoms with Gasteiger partial charge in [-0.15, -0.1) is 11.8 Å². The van der Waals surface area contributed by atoms with Crippen molar-refractivity contribution in [3.8, 4) is 5.75 Å². The normalized spacial score (nSPS) is 18.2. The predicted octanol–water partition coefficient (Wildman–Crippen LogP) is 3.25. The van der Waals surface area contributed by atoms with Gasteiger partial charge >= 0.3 is 0 Å². The van der Waals surface area contributed by atoms with Crippen LogP contribution in [0.1, 0.15) is 55.6 Å². The number of phenols is 1. The van der Waals surface area contributed by atoms with E-state index in [4.69, 9.17) is 0 Å². The molecule has 0 saturated carbocycles. The molecule has 3 atom stereocenters. The first-order chi connectivity index (χ1) is 17.9. The first-order valence-electron chi connectivity index (χ1n) is 13.0. The van der Waals surface area contributed by atoms with Crippen LogP contribution in [0.5, 0.6) is 5.75 Å². The van der Waals surface area contributed by atoms with Gasteiger partial charge in [0.1, 0.15) is 11.8 Å². The summed E-state index contributed by atoms with van der Waals surface area (Å²) in [6, 6.07) is 12.2. The molecule has 9 heteroatoms. The third-order valence-corrected chi connectivity index (χ3v) is 8.27. The molecule has 1 fully saturated rings. The lowest BCUT2D eigenvalue weighted by Gasteiger charge is -2.33. The molecule has 0 radical (unpaired) electrons. The van der Waals surface area contributed by atoms with Crippen molar-refractivity contribution in [2.45, 2.75) is 70.4 Å². The van der Waals surface area contributed by atoms with E-state index in [9.17, 15) is 24.6 Å². The molecule has 0 spiro atoms. The summed E-state index contributed by atoms with van der Waals surface area (Å²) in [6.45, 7) is 10.1. The zero-order chi connectivity index (χ0) is 28.0. The van der Waals surface area contributed by atoms with Crippen molar-refractivity contribution >= 4 is 29.5 Å². The molecule has 1 unspecified atom stereocenters. The Kier molecular flexibility index (Phi) is 9.84. The Hall–Kier alpha value is -3.04. The number of thioether (sulfide) groups is 1. The van der Waals surface area contributed by atoms with E-state index in [1.807, 2.05) is 44.2 Å². The van der Waals surface area contributed by atoms with Gasteiger partial charge in [0.25, 0.3) is 11.8 Å². The van der Waals surface area contributed by atoms with Gasteiger partial charge in [0.15, 0.2) is 6.10 Å². The minimum Gasteiger partial charge on any atom is -0.508 e. The highest BCUT2D eigenvalue weighted by Gasteiger charge is 2.49. The summed E-state index contributed by atoms with van der Waals surface area (Å²) in [5, 5.41) is 27.2. The maximum Gasteiger partial charge on any atom is 0.254 e. The summed E-state index contributed by atoms with van der Waals surface area (Å²) in [7, 11) is 0. The molecule has 3 amide bonds. The van der Waals surface area contributed by atoms with Gasteiger partial charge in [-0.25, -0.2) is 0 Å². The molecule has 2 aromatic rings. The maximum atomic E-state index is 13.7. The molecular weight excluding hydrogens is 502 g/mol. The second-order valence-electron chi connectivity index (χ2n) is 10.7. The van der Waals surface area contributed by atoms with Crippen LogP contribution >= 0.6 is 11.8 Å². The van der Waals surface area contributed by atoms with E-state index in [1.54, 1.807) is 19.1 Å². The molecule has 3 rings (SSSR count). The highest BCUT2D eigenvalue weighted by atomic mass is 32.2. The molecule has 0 aliphatic carbocycles. The zero-order valence-electron chi connectivity index (χ0n) is 22.7. The number of aromatic hydroxyl groups is 1. The van der Waals surface area contributed by atoms with Crippen molar-refractivity contribution in [3.05, 3.63) is 65.2 Å². The van der Waals surface area contributed by atoms with Crippen molar-refractivity contribution in [2.24, 2.45) is 5.92 Å². The van der Waals surface area contributed by atoms with Crippen molar-refractivity contribution in [3.63, 3.8) is 0 Å². The number of carbonyl (C=O) groups is 3. The Morgan fingerprint density at radius 1 is 1.11 bits per heavy atom. The van der Waals surface area contributed by atoms with Crippen molar-refractivity contribution in [2.75, 3.05) is 12.4 Å². The lowest BCUT2D eigenvalue weighted by molar-refractivity contribution is -0.147. The Labute approximate surface area is 229 Å². The van der Waals surface area contributed by atoms with Crippen LogP contribution in [0, 0.1) is 12.8 Å². The minimum atomic E-state index is -1.59. The SMILES string of the molecule is Cc1c(O)cccc1C(=O)N[C@@H](Cc1ccccc1)[C@H](O)C(=O)N1CSC(C)(C)C1C(=O)NCCC(C)C. The smallest absolute Gasteiger partial charge is 0.254 e. The van der Waals surface area contributed by atoms with Gasteiger partial charge in [0, 0.05) is 22.4 Å². The summed E-state index contributed by atoms with van der Waals surface area (Å²) in [5.74, 6) is -0.704. The van der Waals surface area contributed by atoms with Crippen LogP contribution in [0.2, 0.25) is 0 Å². The molecule has 2 aromatic carbocycles. The lowest BCUT2D eigenvalue weighted by atomic mass is 9.96. The number of nitrogens with one attached hydrogen (secondary N) is 2. The van der Waals surface area contributed by atoms with Crippen LogP contribution in [0.4, 0.5) is 0 Å². The quantitative estimate of drug-likeness (QED) is 0.367. The van der Waals surface area contributed by atoms with E-state index in [0.717, 1.165) is 12.0 Å². The molecule has 206 valence electrons. The summed E-state index contributed by atoms with van der Waals surface area (Å²) >= 11 is 1.48. The topological polar surface area (TPSA) is 119 Å². The van der Waals surface area contributed by atoms with E-state index >= 15 is 0 Å². The fraction of sp³-hybridized carbons (Fsp3) is 0.483. The Balaban J connectivity index is 1.84. The van der Waals surface area contributed by atoms with Crippen molar-refractivity contribution in [1.82, 2.24) is 15.5 Å². The molecule has 1 aliphatic rings. The summed E-state index contributed by atoms with van der Waals surface area (Å²) in [4.78, 5) is 41.5. The molecular formula is C29H39N3O5S. The molecule has 0 bridgehead atoms. The second-order valence-corrected chi connectivity index (χ2v) is 12.3. The average Bonchev–Trinajstić information content (AvgIpc) is 3.19. The third-order valence-electron chi connectivity index (χ3n) is 6.90. The minimum absolute atomic E-state index is 0.0171. The number of amides is 3. The Morgan fingerprint density at radius 2 is 1.79 bits per heavy atom. The third kappa shape index (κ3) is 7.08. The van der Waals surface area contributed by atoms with Gasteiger partial charge in [-0.05, 0) is 57.2 Å². The van der Waals surface area contributed by atoms with E-state index in [0.29, 0.717) is 18.0 Å². The van der Waals surface area contributed by atoms with Gasteiger partial charge in [-0.3, -0.25) is 14.4 Å².